The number of fused-ring (bicyclic) bond motifs is 14. The Hall–Kier alpha value is -11.2. The van der Waals surface area contributed by atoms with E-state index in [1.807, 2.05) is 0 Å². The van der Waals surface area contributed by atoms with Gasteiger partial charge in [-0.15, -0.1) is 0 Å². The molecule has 0 unspecified atom stereocenters. The van der Waals surface area contributed by atoms with Gasteiger partial charge >= 0.3 is 12.1 Å². The number of carbonyl (C=O) groups is 8. The van der Waals surface area contributed by atoms with Crippen LogP contribution in [0.3, 0.4) is 0 Å². The fraction of sp³-hybridized carbons (Fsp3) is 0.275. The van der Waals surface area contributed by atoms with E-state index in [1.165, 1.54) is 54.6 Å². The highest BCUT2D eigenvalue weighted by molar-refractivity contribution is 6.32. The smallest absolute Gasteiger partial charge is 0.408 e. The van der Waals surface area contributed by atoms with E-state index in [9.17, 15) is 55.2 Å². The maximum atomic E-state index is 15.9. The highest BCUT2D eigenvalue weighted by Crippen LogP contribution is 2.57. The number of nitrogens with one attached hydrogen (secondary N) is 7. The number of phenols is 6. The van der Waals surface area contributed by atoms with Crippen molar-refractivity contribution in [2.45, 2.75) is 98.9 Å². The molecule has 17 rings (SSSR count). The summed E-state index contributed by atoms with van der Waals surface area (Å²) in [5.74, 6) is -14.3. The van der Waals surface area contributed by atoms with Gasteiger partial charge in [-0.3, -0.25) is 28.8 Å². The van der Waals surface area contributed by atoms with E-state index in [2.05, 4.69) is 37.2 Å². The van der Waals surface area contributed by atoms with E-state index in [0.29, 0.717) is 37.0 Å². The van der Waals surface area contributed by atoms with Crippen LogP contribution in [0.4, 0.5) is 4.79 Å². The molecule has 0 aromatic heterocycles. The van der Waals surface area contributed by atoms with E-state index in [4.69, 9.17) is 42.1 Å². The molecule has 7 aromatic carbocycles. The molecule has 29 heteroatoms. The van der Waals surface area contributed by atoms with Crippen molar-refractivity contribution in [3.63, 3.8) is 0 Å². The summed E-state index contributed by atoms with van der Waals surface area (Å²) in [5.41, 5.74) is -3.00. The number of aromatic hydroxyl groups is 6. The summed E-state index contributed by atoms with van der Waals surface area (Å²) in [6.45, 7) is 0. The van der Waals surface area contributed by atoms with Crippen molar-refractivity contribution in [1.29, 1.82) is 0 Å². The third kappa shape index (κ3) is 12.2. The number of aliphatic carboxylic acids is 1. The normalized spacial score (nSPS) is 26.2. The fourth-order valence-corrected chi connectivity index (χ4v) is 15.3. The molecule has 6 aliphatic heterocycles. The first-order valence-electron chi connectivity index (χ1n) is 31.1. The van der Waals surface area contributed by atoms with Gasteiger partial charge in [0.05, 0.1) is 10.0 Å². The number of aliphatic hydroxyl groups is 1. The number of phenolic OH excluding ortho intramolecular Hbond substituents is 6. The van der Waals surface area contributed by atoms with Gasteiger partial charge in [-0.1, -0.05) is 47.5 Å². The van der Waals surface area contributed by atoms with Crippen molar-refractivity contribution in [3.05, 3.63) is 164 Å². The van der Waals surface area contributed by atoms with E-state index >= 15 is 24.0 Å². The summed E-state index contributed by atoms with van der Waals surface area (Å²) in [7, 11) is 0. The minimum atomic E-state index is -2.21. The van der Waals surface area contributed by atoms with Crippen molar-refractivity contribution in [2.75, 3.05) is 0 Å². The van der Waals surface area contributed by atoms with E-state index in [1.54, 1.807) is 0 Å². The summed E-state index contributed by atoms with van der Waals surface area (Å²) in [6.07, 6.45) is 1.55. The topological polar surface area (TPSA) is 420 Å². The van der Waals surface area contributed by atoms with Crippen LogP contribution in [0.15, 0.2) is 115 Å². The number of hydrogen-bond donors (Lipinski definition) is 15. The Morgan fingerprint density at radius 3 is 1.73 bits per heavy atom. The summed E-state index contributed by atoms with van der Waals surface area (Å²) >= 11 is 13.9. The molecule has 0 radical (unpaired) electrons. The molecular weight excluding hydrogens is 1320 g/mol. The van der Waals surface area contributed by atoms with Crippen LogP contribution in [0.25, 0.3) is 11.1 Å². The molecule has 504 valence electrons. The lowest BCUT2D eigenvalue weighted by Crippen LogP contribution is -2.56. The molecule has 98 heavy (non-hydrogen) atoms. The average molecular weight is 1380 g/mol. The predicted octanol–water partition coefficient (Wildman–Crippen LogP) is 7.72. The minimum Gasteiger partial charge on any atom is -0.508 e. The van der Waals surface area contributed by atoms with Crippen LogP contribution < -0.4 is 51.4 Å². The summed E-state index contributed by atoms with van der Waals surface area (Å²) in [6, 6.07) is 7.70. The lowest BCUT2D eigenvalue weighted by molar-refractivity contribution is -0.143. The molecule has 10 aliphatic rings. The zero-order chi connectivity index (χ0) is 68.9. The van der Waals surface area contributed by atoms with Gasteiger partial charge in [-0.2, -0.15) is 0 Å². The number of aliphatic hydroxyl groups excluding tert-OH is 1. The predicted molar refractivity (Wildman–Crippen MR) is 341 cm³/mol. The minimum absolute atomic E-state index is 0.0430. The maximum absolute atomic E-state index is 15.9. The molecule has 0 saturated heterocycles. The van der Waals surface area contributed by atoms with Gasteiger partial charge in [-0.05, 0) is 169 Å². The Balaban J connectivity index is 0.922. The monoisotopic (exact) mass is 1380 g/mol. The molecule has 21 bridgehead atoms. The zero-order valence-corrected chi connectivity index (χ0v) is 52.5. The van der Waals surface area contributed by atoms with Gasteiger partial charge in [0.15, 0.2) is 29.0 Å². The third-order valence-corrected chi connectivity index (χ3v) is 19.5. The van der Waals surface area contributed by atoms with Crippen LogP contribution >= 0.6 is 23.2 Å². The Morgan fingerprint density at radius 1 is 0.510 bits per heavy atom. The van der Waals surface area contributed by atoms with Crippen LogP contribution in [0.2, 0.25) is 10.0 Å². The second-order valence-corrected chi connectivity index (χ2v) is 26.5. The summed E-state index contributed by atoms with van der Waals surface area (Å²) in [5, 5.41) is 109. The van der Waals surface area contributed by atoms with E-state index in [-0.39, 0.29) is 66.4 Å². The average Bonchev–Trinajstić information content (AvgIpc) is 0.758. The van der Waals surface area contributed by atoms with Gasteiger partial charge in [0, 0.05) is 35.2 Å². The number of rotatable bonds is 3. The highest BCUT2D eigenvalue weighted by atomic mass is 35.5. The number of amides is 7. The molecule has 4 aliphatic carbocycles. The van der Waals surface area contributed by atoms with Gasteiger partial charge in [0.2, 0.25) is 41.2 Å². The number of halogens is 2. The second kappa shape index (κ2) is 24.8. The van der Waals surface area contributed by atoms with Crippen molar-refractivity contribution >= 4 is 70.7 Å². The van der Waals surface area contributed by atoms with Gasteiger partial charge in [-0.25, -0.2) is 9.59 Å². The lowest BCUT2D eigenvalue weighted by atomic mass is 9.54. The highest BCUT2D eigenvalue weighted by Gasteiger charge is 2.54. The number of carboxylic acids is 1. The first kappa shape index (κ1) is 64.2. The number of benzene rings is 7. The maximum Gasteiger partial charge on any atom is 0.408 e. The molecule has 7 amide bonds. The fourth-order valence-electron chi connectivity index (χ4n) is 14.9. The first-order chi connectivity index (χ1) is 46.8. The SMILES string of the molecule is O=C(N[C@H]1C(=O)N[C@@H]2Cc3ccc(c(Cl)c3)Oc3cc4cc(c3O)Oc3ccc(cc3Cl)[C@@H](O)[C@@H]3NC(=O)[C@H](NC(=O)[C@@H]4NC(=O)[C@@H](NC2=O)c2cc(O)cc(c2)Oc2cc1ccc2O)c1ccc(O)c(c1)-c1c(O)cc(O)cc1[C@@H](C(=O)O)NC3=O)OC12CC3CC(CC(C3)C1)C2. The zero-order valence-electron chi connectivity index (χ0n) is 51.0. The molecule has 8 atom stereocenters. The Labute approximate surface area is 564 Å². The molecule has 27 nitrogen and oxygen atoms in total. The molecular formula is C69H59Cl2N7O20. The molecule has 0 spiro atoms. The van der Waals surface area contributed by atoms with Crippen molar-refractivity contribution in [1.82, 2.24) is 37.2 Å². The number of carboxylic acid groups (broad SMARTS) is 1. The van der Waals surface area contributed by atoms with Crippen molar-refractivity contribution in [3.8, 4) is 80.1 Å². The van der Waals surface area contributed by atoms with E-state index in [0.717, 1.165) is 79.9 Å². The van der Waals surface area contributed by atoms with Crippen molar-refractivity contribution < 1.29 is 98.2 Å². The first-order valence-corrected chi connectivity index (χ1v) is 31.8. The van der Waals surface area contributed by atoms with Crippen molar-refractivity contribution in [2.24, 2.45) is 17.8 Å². The Bertz CT molecular complexity index is 4550. The number of ether oxygens (including phenoxy) is 4. The summed E-state index contributed by atoms with van der Waals surface area (Å²) in [4.78, 5) is 120. The van der Waals surface area contributed by atoms with Crippen LogP contribution in [0.1, 0.15) is 114 Å². The lowest BCUT2D eigenvalue weighted by Gasteiger charge is -2.55. The third-order valence-electron chi connectivity index (χ3n) is 19.0. The number of hydrogen-bond acceptors (Lipinski definition) is 19. The van der Waals surface area contributed by atoms with Crippen LogP contribution in [-0.4, -0.2) is 106 Å². The largest absolute Gasteiger partial charge is 0.508 e. The van der Waals surface area contributed by atoms with E-state index < -0.39 is 171 Å². The molecule has 4 fully saturated rings. The molecule has 15 N–H and O–H groups in total. The van der Waals surface area contributed by atoms with Gasteiger partial charge in [0.1, 0.15) is 88.2 Å². The summed E-state index contributed by atoms with van der Waals surface area (Å²) < 4.78 is 25.0. The Kier molecular flexibility index (Phi) is 16.2. The standard InChI is InChI=1S/C69H59Cl2N7O20/c70-41-12-27-1-7-47(41)96-50-19-35-20-51(60(50)85)97-48-8-4-33(17-42(48)71)59(84)58-66(91)76-57(67(92)93)40-22-37(80)23-46(83)52(40)39-16-31(2-5-44(39)81)53(63(88)77-58)74-65(90)56(35)75-64(89)55-34-14-36(79)21-38(15-34)95-49-18-32(3-6-45(49)82)54(62(87)72-43(13-27)61(86)73-55)78-68(94)98-69-24-28-9-29(25-69)11-30(10-28)26-69/h1-8,12,14-23,28-30,43,53-59,79-85H,9-11,13,24-26H2,(H,72,87)(H,73,86)(H,74,90)(H,75,89)(H,76,91)(H,77,88)(H,78,94)(H,92,93)/t28?,29?,30?,43-,53-,54-,55+,56-,57+,58+,59-,69?/m1/s1. The molecule has 4 saturated carbocycles. The van der Waals surface area contributed by atoms with Crippen LogP contribution in [0, 0.1) is 17.8 Å². The number of carbonyl (C=O) groups excluding carboxylic acids is 7. The second-order valence-electron chi connectivity index (χ2n) is 25.7. The van der Waals surface area contributed by atoms with Crippen LogP contribution in [-0.2, 0) is 44.7 Å². The molecule has 6 heterocycles. The molecule has 7 aromatic rings. The number of alkyl carbamates (subject to hydrolysis) is 1. The quantitative estimate of drug-likeness (QED) is 0.0804. The Morgan fingerprint density at radius 2 is 1.08 bits per heavy atom. The van der Waals surface area contributed by atoms with Gasteiger partial charge < -0.3 is 97.0 Å². The van der Waals surface area contributed by atoms with Gasteiger partial charge in [0.25, 0.3) is 0 Å². The van der Waals surface area contributed by atoms with Crippen LogP contribution in [0.5, 0.6) is 69.0 Å².